The van der Waals surface area contributed by atoms with Gasteiger partial charge in [-0.05, 0) is 37.1 Å². The van der Waals surface area contributed by atoms with Gasteiger partial charge in [-0.2, -0.15) is 0 Å². The van der Waals surface area contributed by atoms with Crippen LogP contribution in [0.4, 0.5) is 8.78 Å². The molecule has 0 unspecified atom stereocenters. The maximum Gasteiger partial charge on any atom is 0.251 e. The summed E-state index contributed by atoms with van der Waals surface area (Å²) in [4.78, 5) is 18.3. The Morgan fingerprint density at radius 3 is 2.78 bits per heavy atom. The normalized spacial score (nSPS) is 15.7. The summed E-state index contributed by atoms with van der Waals surface area (Å²) in [6, 6.07) is 10.8. The maximum absolute atomic E-state index is 12.5. The summed E-state index contributed by atoms with van der Waals surface area (Å²) in [6.45, 7) is 1.32. The molecule has 1 amide bonds. The lowest BCUT2D eigenvalue weighted by Crippen LogP contribution is -2.45. The number of hydrogen-bond acceptors (Lipinski definition) is 4. The van der Waals surface area contributed by atoms with Gasteiger partial charge in [0.15, 0.2) is 0 Å². The van der Waals surface area contributed by atoms with Crippen LogP contribution in [0.15, 0.2) is 48.8 Å². The first-order valence-corrected chi connectivity index (χ1v) is 9.03. The zero-order chi connectivity index (χ0) is 19.1. The molecule has 2 aromatic rings. The van der Waals surface area contributed by atoms with Crippen LogP contribution in [0, 0.1) is 0 Å². The van der Waals surface area contributed by atoms with E-state index in [0.717, 1.165) is 5.56 Å². The Kier molecular flexibility index (Phi) is 6.70. The van der Waals surface area contributed by atoms with E-state index < -0.39 is 6.43 Å². The molecule has 0 saturated carbocycles. The molecule has 1 saturated heterocycles. The number of ether oxygens (including phenoxy) is 1. The number of alkyl halides is 2. The molecule has 7 heteroatoms. The largest absolute Gasteiger partial charge is 0.489 e. The minimum Gasteiger partial charge on any atom is -0.489 e. The van der Waals surface area contributed by atoms with Crippen molar-refractivity contribution in [3.63, 3.8) is 0 Å². The Morgan fingerprint density at radius 1 is 1.26 bits per heavy atom. The zero-order valence-corrected chi connectivity index (χ0v) is 15.0. The van der Waals surface area contributed by atoms with Crippen LogP contribution in [0.3, 0.4) is 0 Å². The average Bonchev–Trinajstić information content (AvgIpc) is 2.68. The van der Waals surface area contributed by atoms with Crippen molar-refractivity contribution in [2.24, 2.45) is 0 Å². The molecule has 1 aromatic heterocycles. The molecule has 1 aliphatic rings. The third-order valence-electron chi connectivity index (χ3n) is 4.54. The van der Waals surface area contributed by atoms with Crippen molar-refractivity contribution in [2.75, 3.05) is 19.6 Å². The lowest BCUT2D eigenvalue weighted by molar-refractivity contribution is 0.0696. The predicted molar refractivity (Wildman–Crippen MR) is 97.9 cm³/mol. The number of rotatable bonds is 7. The minimum absolute atomic E-state index is 0.00592. The van der Waals surface area contributed by atoms with Crippen molar-refractivity contribution in [3.8, 4) is 5.75 Å². The van der Waals surface area contributed by atoms with Gasteiger partial charge >= 0.3 is 0 Å². The first kappa shape index (κ1) is 19.2. The van der Waals surface area contributed by atoms with Gasteiger partial charge in [0.1, 0.15) is 12.4 Å². The van der Waals surface area contributed by atoms with Crippen molar-refractivity contribution in [1.82, 2.24) is 15.2 Å². The molecule has 5 nitrogen and oxygen atoms in total. The van der Waals surface area contributed by atoms with Gasteiger partial charge in [0, 0.05) is 42.7 Å². The van der Waals surface area contributed by atoms with E-state index in [1.807, 2.05) is 12.1 Å². The predicted octanol–water partition coefficient (Wildman–Crippen LogP) is 3.12. The van der Waals surface area contributed by atoms with E-state index >= 15 is 0 Å². The van der Waals surface area contributed by atoms with Gasteiger partial charge in [0.2, 0.25) is 0 Å². The van der Waals surface area contributed by atoms with Gasteiger partial charge in [-0.25, -0.2) is 8.78 Å². The van der Waals surface area contributed by atoms with E-state index in [9.17, 15) is 13.6 Å². The molecule has 1 N–H and O–H groups in total. The van der Waals surface area contributed by atoms with Crippen LogP contribution < -0.4 is 10.1 Å². The lowest BCUT2D eigenvalue weighted by Gasteiger charge is -2.32. The number of piperidine rings is 1. The number of carbonyl (C=O) groups is 1. The number of likely N-dealkylation sites (tertiary alicyclic amines) is 1. The summed E-state index contributed by atoms with van der Waals surface area (Å²) in [7, 11) is 0. The highest BCUT2D eigenvalue weighted by Gasteiger charge is 2.23. The number of hydrogen-bond donors (Lipinski definition) is 1. The van der Waals surface area contributed by atoms with Gasteiger partial charge in [-0.1, -0.05) is 12.1 Å². The van der Waals surface area contributed by atoms with Gasteiger partial charge in [-0.15, -0.1) is 0 Å². The first-order valence-electron chi connectivity index (χ1n) is 9.03. The molecule has 144 valence electrons. The molecule has 2 heterocycles. The molecule has 0 atom stereocenters. The SMILES string of the molecule is O=C(NC1CCN(CC(F)F)CC1)c1cccc(OCc2cccnc2)c1. The fourth-order valence-electron chi connectivity index (χ4n) is 3.10. The minimum atomic E-state index is -2.31. The van der Waals surface area contributed by atoms with Gasteiger partial charge < -0.3 is 10.1 Å². The van der Waals surface area contributed by atoms with Crippen molar-refractivity contribution in [3.05, 3.63) is 59.9 Å². The van der Waals surface area contributed by atoms with Crippen LogP contribution in [0.25, 0.3) is 0 Å². The van der Waals surface area contributed by atoms with Crippen LogP contribution >= 0.6 is 0 Å². The maximum atomic E-state index is 12.5. The molecule has 1 aromatic carbocycles. The summed E-state index contributed by atoms with van der Waals surface area (Å²) >= 11 is 0. The molecule has 3 rings (SSSR count). The second-order valence-electron chi connectivity index (χ2n) is 6.62. The molecule has 0 bridgehead atoms. The topological polar surface area (TPSA) is 54.5 Å². The number of carbonyl (C=O) groups excluding carboxylic acids is 1. The van der Waals surface area contributed by atoms with E-state index in [1.165, 1.54) is 0 Å². The highest BCUT2D eigenvalue weighted by atomic mass is 19.3. The number of aromatic nitrogens is 1. The van der Waals surface area contributed by atoms with E-state index in [-0.39, 0.29) is 18.5 Å². The van der Waals surface area contributed by atoms with E-state index in [1.54, 1.807) is 41.6 Å². The Morgan fingerprint density at radius 2 is 2.07 bits per heavy atom. The van der Waals surface area contributed by atoms with Gasteiger partial charge in [0.05, 0.1) is 6.54 Å². The van der Waals surface area contributed by atoms with E-state index in [0.29, 0.717) is 43.9 Å². The summed E-state index contributed by atoms with van der Waals surface area (Å²) in [5, 5.41) is 2.99. The molecule has 0 spiro atoms. The third-order valence-corrected chi connectivity index (χ3v) is 4.54. The fraction of sp³-hybridized carbons (Fsp3) is 0.400. The van der Waals surface area contributed by atoms with E-state index in [2.05, 4.69) is 10.3 Å². The number of nitrogens with zero attached hydrogens (tertiary/aromatic N) is 2. The fourth-order valence-corrected chi connectivity index (χ4v) is 3.10. The van der Waals surface area contributed by atoms with Crippen molar-refractivity contribution >= 4 is 5.91 Å². The van der Waals surface area contributed by atoms with Crippen molar-refractivity contribution in [1.29, 1.82) is 0 Å². The second kappa shape index (κ2) is 9.41. The number of amides is 1. The Bertz CT molecular complexity index is 735. The highest BCUT2D eigenvalue weighted by Crippen LogP contribution is 2.17. The first-order chi connectivity index (χ1) is 13.1. The standard InChI is InChI=1S/C20H23F2N3O2/c21-19(22)13-25-9-6-17(7-10-25)24-20(26)16-4-1-5-18(11-16)27-14-15-3-2-8-23-12-15/h1-5,8,11-12,17,19H,6-7,9-10,13-14H2,(H,24,26). The summed E-state index contributed by atoms with van der Waals surface area (Å²) in [5.74, 6) is 0.437. The van der Waals surface area contributed by atoms with Crippen LogP contribution in [0.5, 0.6) is 5.75 Å². The van der Waals surface area contributed by atoms with Crippen LogP contribution in [-0.2, 0) is 6.61 Å². The van der Waals surface area contributed by atoms with Gasteiger partial charge in [-0.3, -0.25) is 14.7 Å². The highest BCUT2D eigenvalue weighted by molar-refractivity contribution is 5.94. The zero-order valence-electron chi connectivity index (χ0n) is 15.0. The summed E-state index contributed by atoms with van der Waals surface area (Å²) in [6.07, 6.45) is 2.47. The Balaban J connectivity index is 1.50. The van der Waals surface area contributed by atoms with Crippen LogP contribution in [0.2, 0.25) is 0 Å². The van der Waals surface area contributed by atoms with Gasteiger partial charge in [0.25, 0.3) is 12.3 Å². The van der Waals surface area contributed by atoms with E-state index in [4.69, 9.17) is 4.74 Å². The van der Waals surface area contributed by atoms with Crippen molar-refractivity contribution < 1.29 is 18.3 Å². The Labute approximate surface area is 157 Å². The molecular formula is C20H23F2N3O2. The Hall–Kier alpha value is -2.54. The summed E-state index contributed by atoms with van der Waals surface area (Å²) < 4.78 is 30.6. The molecule has 1 aliphatic heterocycles. The molecule has 0 aliphatic carbocycles. The second-order valence-corrected chi connectivity index (χ2v) is 6.62. The number of benzene rings is 1. The quantitative estimate of drug-likeness (QED) is 0.808. The number of halogens is 2. The lowest BCUT2D eigenvalue weighted by atomic mass is 10.0. The number of pyridine rings is 1. The molecule has 1 fully saturated rings. The molecule has 0 radical (unpaired) electrons. The summed E-state index contributed by atoms with van der Waals surface area (Å²) in [5.41, 5.74) is 1.47. The molecule has 27 heavy (non-hydrogen) atoms. The van der Waals surface area contributed by atoms with Crippen LogP contribution in [-0.4, -0.2) is 47.9 Å². The van der Waals surface area contributed by atoms with Crippen molar-refractivity contribution in [2.45, 2.75) is 31.9 Å². The third kappa shape index (κ3) is 5.99. The number of nitrogens with one attached hydrogen (secondary N) is 1. The molecular weight excluding hydrogens is 352 g/mol. The van der Waals surface area contributed by atoms with Crippen LogP contribution in [0.1, 0.15) is 28.8 Å². The smallest absolute Gasteiger partial charge is 0.251 e. The average molecular weight is 375 g/mol. The monoisotopic (exact) mass is 375 g/mol.